The first-order valence-corrected chi connectivity index (χ1v) is 9.39. The zero-order chi connectivity index (χ0) is 20.2. The number of carbonyl (C=O) groups is 1. The van der Waals surface area contributed by atoms with Gasteiger partial charge in [0.1, 0.15) is 11.5 Å². The molecule has 0 aromatic heterocycles. The molecule has 6 nitrogen and oxygen atoms in total. The van der Waals surface area contributed by atoms with Crippen molar-refractivity contribution in [3.05, 3.63) is 59.7 Å². The van der Waals surface area contributed by atoms with E-state index in [9.17, 15) is 15.0 Å². The lowest BCUT2D eigenvalue weighted by atomic mass is 10.2. The van der Waals surface area contributed by atoms with Gasteiger partial charge in [0.2, 0.25) is 5.91 Å². The summed E-state index contributed by atoms with van der Waals surface area (Å²) in [5, 5.41) is 19.4. The van der Waals surface area contributed by atoms with E-state index in [1.807, 2.05) is 12.1 Å². The van der Waals surface area contributed by atoms with Crippen LogP contribution in [0.5, 0.6) is 11.5 Å². The number of rotatable bonds is 10. The van der Waals surface area contributed by atoms with Crippen LogP contribution >= 0.6 is 0 Å². The van der Waals surface area contributed by atoms with Crippen molar-refractivity contribution >= 4 is 18.3 Å². The van der Waals surface area contributed by atoms with Crippen LogP contribution in [0, 0.1) is 0 Å². The zero-order valence-electron chi connectivity index (χ0n) is 16.2. The molecule has 0 aliphatic rings. The molecule has 0 heterocycles. The lowest BCUT2D eigenvalue weighted by molar-refractivity contribution is -0.128. The first-order valence-electron chi connectivity index (χ1n) is 9.39. The molecule has 0 unspecified atom stereocenters. The van der Waals surface area contributed by atoms with E-state index in [1.165, 1.54) is 0 Å². The number of benzene rings is 2. The van der Waals surface area contributed by atoms with Crippen molar-refractivity contribution in [2.75, 3.05) is 26.2 Å². The molecule has 28 heavy (non-hydrogen) atoms. The molecule has 2 aromatic carbocycles. The van der Waals surface area contributed by atoms with Gasteiger partial charge in [0.15, 0.2) is 0 Å². The Morgan fingerprint density at radius 1 is 0.857 bits per heavy atom. The Labute approximate surface area is 165 Å². The summed E-state index contributed by atoms with van der Waals surface area (Å²) in [4.78, 5) is 22.2. The van der Waals surface area contributed by atoms with E-state index in [4.69, 9.17) is 0 Å². The molecule has 2 rings (SSSR count). The summed E-state index contributed by atoms with van der Waals surface area (Å²) in [6.07, 6.45) is 4.82. The highest BCUT2D eigenvalue weighted by atomic mass is 16.3. The normalized spacial score (nSPS) is 11.3. The molecule has 148 valence electrons. The third kappa shape index (κ3) is 7.23. The highest BCUT2D eigenvalue weighted by Gasteiger charge is 2.07. The average Bonchev–Trinajstić information content (AvgIpc) is 2.68. The maximum absolute atomic E-state index is 11.8. The van der Waals surface area contributed by atoms with Crippen LogP contribution in [0.4, 0.5) is 0 Å². The third-order valence-electron chi connectivity index (χ3n) is 4.21. The maximum Gasteiger partial charge on any atom is 0.219 e. The predicted molar refractivity (Wildman–Crippen MR) is 113 cm³/mol. The summed E-state index contributed by atoms with van der Waals surface area (Å²) in [7, 11) is 0. The highest BCUT2D eigenvalue weighted by Crippen LogP contribution is 2.13. The Kier molecular flexibility index (Phi) is 8.72. The summed E-state index contributed by atoms with van der Waals surface area (Å²) in [5.74, 6) is 0.455. The molecule has 1 amide bonds. The van der Waals surface area contributed by atoms with Gasteiger partial charge in [0.05, 0.1) is 0 Å². The van der Waals surface area contributed by atoms with Crippen LogP contribution < -0.4 is 0 Å². The summed E-state index contributed by atoms with van der Waals surface area (Å²) >= 11 is 0. The number of para-hydroxylation sites is 2. The van der Waals surface area contributed by atoms with Gasteiger partial charge in [-0.1, -0.05) is 24.3 Å². The van der Waals surface area contributed by atoms with E-state index in [2.05, 4.69) is 9.98 Å². The van der Waals surface area contributed by atoms with Crippen molar-refractivity contribution in [2.45, 2.75) is 19.8 Å². The maximum atomic E-state index is 11.8. The number of aromatic hydroxyl groups is 2. The van der Waals surface area contributed by atoms with E-state index >= 15 is 0 Å². The van der Waals surface area contributed by atoms with Crippen molar-refractivity contribution in [3.8, 4) is 11.5 Å². The minimum atomic E-state index is 0.0365. The van der Waals surface area contributed by atoms with Gasteiger partial charge in [-0.05, 0) is 37.1 Å². The molecule has 6 heteroatoms. The van der Waals surface area contributed by atoms with Gasteiger partial charge < -0.3 is 15.1 Å². The lowest BCUT2D eigenvalue weighted by Gasteiger charge is -2.20. The standard InChI is InChI=1S/C22H27N3O3/c1-18(26)25(14-6-12-23-16-19-8-2-4-10-21(19)27)15-7-13-24-17-20-9-3-5-11-22(20)28/h2-5,8-11,16-17,27-28H,6-7,12-15H2,1H3. The van der Waals surface area contributed by atoms with E-state index in [0.717, 1.165) is 12.8 Å². The van der Waals surface area contributed by atoms with E-state index in [1.54, 1.807) is 60.7 Å². The Balaban J connectivity index is 1.69. The number of carbonyl (C=O) groups excluding carboxylic acids is 1. The monoisotopic (exact) mass is 381 g/mol. The quantitative estimate of drug-likeness (QED) is 0.489. The number of aliphatic imine (C=N–C) groups is 2. The Morgan fingerprint density at radius 2 is 1.29 bits per heavy atom. The molecule has 2 aromatic rings. The Bertz CT molecular complexity index is 757. The van der Waals surface area contributed by atoms with Crippen molar-refractivity contribution in [3.63, 3.8) is 0 Å². The molecular weight excluding hydrogens is 354 g/mol. The molecule has 0 fully saturated rings. The molecule has 0 spiro atoms. The second-order valence-corrected chi connectivity index (χ2v) is 6.40. The second kappa shape index (κ2) is 11.5. The second-order valence-electron chi connectivity index (χ2n) is 6.40. The van der Waals surface area contributed by atoms with E-state index in [-0.39, 0.29) is 17.4 Å². The highest BCUT2D eigenvalue weighted by molar-refractivity contribution is 5.83. The van der Waals surface area contributed by atoms with E-state index in [0.29, 0.717) is 37.3 Å². The van der Waals surface area contributed by atoms with Gasteiger partial charge >= 0.3 is 0 Å². The van der Waals surface area contributed by atoms with Crippen LogP contribution in [0.1, 0.15) is 30.9 Å². The number of amides is 1. The van der Waals surface area contributed by atoms with Crippen molar-refractivity contribution in [1.82, 2.24) is 4.90 Å². The van der Waals surface area contributed by atoms with Gasteiger partial charge in [0, 0.05) is 56.7 Å². The Morgan fingerprint density at radius 3 is 1.68 bits per heavy atom. The molecule has 0 bridgehead atoms. The molecule has 2 N–H and O–H groups in total. The molecule has 0 atom stereocenters. The number of phenols is 2. The minimum Gasteiger partial charge on any atom is -0.507 e. The summed E-state index contributed by atoms with van der Waals surface area (Å²) < 4.78 is 0. The number of hydrogen-bond donors (Lipinski definition) is 2. The first kappa shape index (κ1) is 21.2. The predicted octanol–water partition coefficient (Wildman–Crippen LogP) is 3.26. The van der Waals surface area contributed by atoms with Crippen LogP contribution in [0.3, 0.4) is 0 Å². The van der Waals surface area contributed by atoms with E-state index < -0.39 is 0 Å². The van der Waals surface area contributed by atoms with Crippen LogP contribution in [-0.4, -0.2) is 59.6 Å². The fourth-order valence-corrected chi connectivity index (χ4v) is 2.65. The summed E-state index contributed by atoms with van der Waals surface area (Å²) in [6.45, 7) is 4.01. The smallest absolute Gasteiger partial charge is 0.219 e. The van der Waals surface area contributed by atoms with Gasteiger partial charge in [0.25, 0.3) is 0 Å². The molecule has 0 aliphatic heterocycles. The van der Waals surface area contributed by atoms with Crippen LogP contribution in [0.15, 0.2) is 58.5 Å². The molecular formula is C22H27N3O3. The van der Waals surface area contributed by atoms with Crippen molar-refractivity contribution < 1.29 is 15.0 Å². The largest absolute Gasteiger partial charge is 0.507 e. The molecule has 0 aliphatic carbocycles. The number of nitrogens with zero attached hydrogens (tertiary/aromatic N) is 3. The summed E-state index contributed by atoms with van der Waals surface area (Å²) in [6, 6.07) is 14.1. The SMILES string of the molecule is CC(=O)N(CCCN=Cc1ccccc1O)CCCN=Cc1ccccc1O. The third-order valence-corrected chi connectivity index (χ3v) is 4.21. The topological polar surface area (TPSA) is 85.5 Å². The Hall–Kier alpha value is -3.15. The molecule has 0 saturated heterocycles. The average molecular weight is 381 g/mol. The van der Waals surface area contributed by atoms with Crippen LogP contribution in [0.2, 0.25) is 0 Å². The minimum absolute atomic E-state index is 0.0365. The fourth-order valence-electron chi connectivity index (χ4n) is 2.65. The fraction of sp³-hybridized carbons (Fsp3) is 0.318. The van der Waals surface area contributed by atoms with Crippen LogP contribution in [-0.2, 0) is 4.79 Å². The van der Waals surface area contributed by atoms with Gasteiger partial charge in [-0.25, -0.2) is 0 Å². The number of hydrogen-bond acceptors (Lipinski definition) is 5. The number of phenolic OH excluding ortho intramolecular Hbond substituents is 2. The molecule has 0 radical (unpaired) electrons. The zero-order valence-corrected chi connectivity index (χ0v) is 16.2. The van der Waals surface area contributed by atoms with Gasteiger partial charge in [-0.2, -0.15) is 0 Å². The van der Waals surface area contributed by atoms with Crippen molar-refractivity contribution in [2.24, 2.45) is 9.98 Å². The summed E-state index contributed by atoms with van der Waals surface area (Å²) in [5.41, 5.74) is 1.38. The first-order chi connectivity index (χ1) is 13.6. The van der Waals surface area contributed by atoms with Crippen LogP contribution in [0.25, 0.3) is 0 Å². The van der Waals surface area contributed by atoms with Gasteiger partial charge in [-0.15, -0.1) is 0 Å². The molecule has 0 saturated carbocycles. The van der Waals surface area contributed by atoms with Crippen molar-refractivity contribution in [1.29, 1.82) is 0 Å². The lowest BCUT2D eigenvalue weighted by Crippen LogP contribution is -2.31. The van der Waals surface area contributed by atoms with Gasteiger partial charge in [-0.3, -0.25) is 14.8 Å².